The van der Waals surface area contributed by atoms with Gasteiger partial charge in [0.1, 0.15) is 5.01 Å². The Hall–Kier alpha value is -0.680. The van der Waals surface area contributed by atoms with Gasteiger partial charge in [-0.25, -0.2) is 0 Å². The standard InChI is InChI=1S/C7H14N4S/c1-6-9-10-7(12-6)11(3)5-4-8-2/h8H,4-5H2,1-3H3. The fourth-order valence-corrected chi connectivity index (χ4v) is 1.49. The molecule has 1 aromatic rings. The summed E-state index contributed by atoms with van der Waals surface area (Å²) in [7, 11) is 3.97. The van der Waals surface area contributed by atoms with Crippen molar-refractivity contribution < 1.29 is 0 Å². The van der Waals surface area contributed by atoms with Crippen LogP contribution < -0.4 is 10.2 Å². The van der Waals surface area contributed by atoms with Gasteiger partial charge >= 0.3 is 0 Å². The van der Waals surface area contributed by atoms with E-state index in [4.69, 9.17) is 0 Å². The second kappa shape index (κ2) is 4.37. The van der Waals surface area contributed by atoms with Crippen molar-refractivity contribution in [2.24, 2.45) is 0 Å². The maximum atomic E-state index is 4.04. The number of aryl methyl sites for hydroxylation is 1. The van der Waals surface area contributed by atoms with Crippen molar-refractivity contribution in [2.45, 2.75) is 6.92 Å². The summed E-state index contributed by atoms with van der Waals surface area (Å²) in [5.74, 6) is 0. The molecule has 0 aliphatic rings. The van der Waals surface area contributed by atoms with Crippen molar-refractivity contribution in [1.29, 1.82) is 0 Å². The molecule has 1 rings (SSSR count). The number of rotatable bonds is 4. The van der Waals surface area contributed by atoms with Crippen LogP contribution in [0.5, 0.6) is 0 Å². The Morgan fingerprint density at radius 2 is 2.25 bits per heavy atom. The van der Waals surface area contributed by atoms with E-state index >= 15 is 0 Å². The van der Waals surface area contributed by atoms with Gasteiger partial charge in [0.05, 0.1) is 0 Å². The number of hydrogen-bond donors (Lipinski definition) is 1. The fraction of sp³-hybridized carbons (Fsp3) is 0.714. The third kappa shape index (κ3) is 2.42. The first-order valence-corrected chi connectivity index (χ1v) is 4.71. The third-order valence-electron chi connectivity index (χ3n) is 1.54. The predicted octanol–water partition coefficient (Wildman–Crippen LogP) is 0.502. The van der Waals surface area contributed by atoms with Crippen LogP contribution in [-0.2, 0) is 0 Å². The average molecular weight is 186 g/mol. The molecule has 0 aromatic carbocycles. The van der Waals surface area contributed by atoms with Crippen molar-refractivity contribution in [2.75, 3.05) is 32.1 Å². The van der Waals surface area contributed by atoms with E-state index in [0.29, 0.717) is 0 Å². The van der Waals surface area contributed by atoms with Gasteiger partial charge < -0.3 is 10.2 Å². The lowest BCUT2D eigenvalue weighted by atomic mass is 10.6. The quantitative estimate of drug-likeness (QED) is 0.743. The molecule has 0 spiro atoms. The first kappa shape index (κ1) is 9.41. The highest BCUT2D eigenvalue weighted by Crippen LogP contribution is 2.16. The molecular weight excluding hydrogens is 172 g/mol. The van der Waals surface area contributed by atoms with Crippen LogP contribution in [0.2, 0.25) is 0 Å². The topological polar surface area (TPSA) is 41.0 Å². The predicted molar refractivity (Wildman–Crippen MR) is 51.8 cm³/mol. The maximum absolute atomic E-state index is 4.04. The summed E-state index contributed by atoms with van der Waals surface area (Å²) in [5.41, 5.74) is 0. The molecule has 0 saturated heterocycles. The van der Waals surface area contributed by atoms with Crippen LogP contribution in [0.4, 0.5) is 5.13 Å². The summed E-state index contributed by atoms with van der Waals surface area (Å²) in [5, 5.41) is 13.1. The van der Waals surface area contributed by atoms with Crippen molar-refractivity contribution in [3.05, 3.63) is 5.01 Å². The minimum atomic E-state index is 0.963. The zero-order valence-corrected chi connectivity index (χ0v) is 8.48. The number of hydrogen-bond acceptors (Lipinski definition) is 5. The van der Waals surface area contributed by atoms with Gasteiger partial charge in [0.2, 0.25) is 5.13 Å². The van der Waals surface area contributed by atoms with Crippen LogP contribution in [-0.4, -0.2) is 37.4 Å². The Morgan fingerprint density at radius 3 is 2.75 bits per heavy atom. The molecule has 0 amide bonds. The Bertz CT molecular complexity index is 235. The van der Waals surface area contributed by atoms with E-state index in [-0.39, 0.29) is 0 Å². The lowest BCUT2D eigenvalue weighted by Gasteiger charge is -2.13. The number of likely N-dealkylation sites (N-methyl/N-ethyl adjacent to an activating group) is 2. The van der Waals surface area contributed by atoms with Gasteiger partial charge in [0.15, 0.2) is 0 Å². The van der Waals surface area contributed by atoms with Crippen LogP contribution in [0, 0.1) is 6.92 Å². The van der Waals surface area contributed by atoms with E-state index in [1.807, 2.05) is 21.0 Å². The largest absolute Gasteiger partial charge is 0.348 e. The fourth-order valence-electron chi connectivity index (χ4n) is 0.816. The molecule has 0 fully saturated rings. The normalized spacial score (nSPS) is 10.2. The minimum absolute atomic E-state index is 0.963. The first-order chi connectivity index (χ1) is 5.74. The molecule has 4 nitrogen and oxygen atoms in total. The molecular formula is C7H14N4S. The SMILES string of the molecule is CNCCN(C)c1nnc(C)s1. The second-order valence-corrected chi connectivity index (χ2v) is 3.79. The Kier molecular flexibility index (Phi) is 3.43. The molecule has 0 radical (unpaired) electrons. The zero-order valence-electron chi connectivity index (χ0n) is 7.66. The smallest absolute Gasteiger partial charge is 0.208 e. The van der Waals surface area contributed by atoms with Gasteiger partial charge in [-0.3, -0.25) is 0 Å². The number of aromatic nitrogens is 2. The molecule has 0 aliphatic heterocycles. The summed E-state index contributed by atoms with van der Waals surface area (Å²) < 4.78 is 0. The van der Waals surface area contributed by atoms with Crippen molar-refractivity contribution in [3.63, 3.8) is 0 Å². The zero-order chi connectivity index (χ0) is 8.97. The molecule has 68 valence electrons. The lowest BCUT2D eigenvalue weighted by Crippen LogP contribution is -2.26. The van der Waals surface area contributed by atoms with Crippen LogP contribution in [0.25, 0.3) is 0 Å². The molecule has 0 aliphatic carbocycles. The second-order valence-electron chi connectivity index (χ2n) is 2.63. The van der Waals surface area contributed by atoms with Crippen molar-refractivity contribution >= 4 is 16.5 Å². The molecule has 5 heteroatoms. The van der Waals surface area contributed by atoms with Crippen molar-refractivity contribution in [1.82, 2.24) is 15.5 Å². The number of nitrogens with zero attached hydrogens (tertiary/aromatic N) is 3. The lowest BCUT2D eigenvalue weighted by molar-refractivity contribution is 0.762. The Morgan fingerprint density at radius 1 is 1.50 bits per heavy atom. The van der Waals surface area contributed by atoms with Gasteiger partial charge in [-0.05, 0) is 14.0 Å². The monoisotopic (exact) mass is 186 g/mol. The molecule has 0 atom stereocenters. The molecule has 0 bridgehead atoms. The van der Waals surface area contributed by atoms with E-state index < -0.39 is 0 Å². The summed E-state index contributed by atoms with van der Waals surface area (Å²) in [6.45, 7) is 3.90. The summed E-state index contributed by atoms with van der Waals surface area (Å²) in [6.07, 6.45) is 0. The highest BCUT2D eigenvalue weighted by molar-refractivity contribution is 7.15. The summed E-state index contributed by atoms with van der Waals surface area (Å²) in [4.78, 5) is 2.10. The van der Waals surface area contributed by atoms with Crippen LogP contribution >= 0.6 is 11.3 Å². The highest BCUT2D eigenvalue weighted by atomic mass is 32.1. The van der Waals surface area contributed by atoms with Crippen LogP contribution in [0.1, 0.15) is 5.01 Å². The average Bonchev–Trinajstić information content (AvgIpc) is 2.47. The molecule has 0 saturated carbocycles. The van der Waals surface area contributed by atoms with Gasteiger partial charge in [0, 0.05) is 20.1 Å². The molecule has 0 unspecified atom stereocenters. The van der Waals surface area contributed by atoms with Crippen molar-refractivity contribution in [3.8, 4) is 0 Å². The van der Waals surface area contributed by atoms with E-state index in [2.05, 4.69) is 20.4 Å². The Labute approximate surface area is 76.6 Å². The highest BCUT2D eigenvalue weighted by Gasteiger charge is 2.04. The number of nitrogens with one attached hydrogen (secondary N) is 1. The maximum Gasteiger partial charge on any atom is 0.208 e. The van der Waals surface area contributed by atoms with Gasteiger partial charge in [-0.2, -0.15) is 0 Å². The Balaban J connectivity index is 2.47. The number of anilines is 1. The summed E-state index contributed by atoms with van der Waals surface area (Å²) >= 11 is 1.62. The molecule has 1 aromatic heterocycles. The minimum Gasteiger partial charge on any atom is -0.348 e. The van der Waals surface area contributed by atoms with E-state index in [0.717, 1.165) is 23.2 Å². The van der Waals surface area contributed by atoms with E-state index in [1.165, 1.54) is 0 Å². The van der Waals surface area contributed by atoms with Crippen LogP contribution in [0.15, 0.2) is 0 Å². The molecule has 12 heavy (non-hydrogen) atoms. The van der Waals surface area contributed by atoms with Gasteiger partial charge in [0.25, 0.3) is 0 Å². The third-order valence-corrected chi connectivity index (χ3v) is 2.49. The van der Waals surface area contributed by atoms with Gasteiger partial charge in [-0.1, -0.05) is 11.3 Å². The van der Waals surface area contributed by atoms with E-state index in [9.17, 15) is 0 Å². The summed E-state index contributed by atoms with van der Waals surface area (Å²) in [6, 6.07) is 0. The van der Waals surface area contributed by atoms with E-state index in [1.54, 1.807) is 11.3 Å². The first-order valence-electron chi connectivity index (χ1n) is 3.90. The molecule has 1 heterocycles. The van der Waals surface area contributed by atoms with Gasteiger partial charge in [-0.15, -0.1) is 10.2 Å². The van der Waals surface area contributed by atoms with Crippen LogP contribution in [0.3, 0.4) is 0 Å². The molecule has 1 N–H and O–H groups in total.